The highest BCUT2D eigenvalue weighted by molar-refractivity contribution is 5.83. The van der Waals surface area contributed by atoms with Crippen LogP contribution in [0.5, 0.6) is 5.75 Å². The Labute approximate surface area is 142 Å². The Kier molecular flexibility index (Phi) is 8.75. The van der Waals surface area contributed by atoms with Crippen LogP contribution in [0.2, 0.25) is 0 Å². The molecule has 0 unspecified atom stereocenters. The van der Waals surface area contributed by atoms with E-state index < -0.39 is 18.0 Å². The SMILES string of the molecule is CCOC(=O)/C=C/[C@H](COCc1ccc(OC)cc1)[C@@H](O)C(C)=O. The van der Waals surface area contributed by atoms with E-state index in [9.17, 15) is 14.7 Å². The lowest BCUT2D eigenvalue weighted by atomic mass is 10.00. The van der Waals surface area contributed by atoms with Gasteiger partial charge in [-0.3, -0.25) is 4.79 Å². The molecule has 0 aliphatic heterocycles. The van der Waals surface area contributed by atoms with Gasteiger partial charge in [0.15, 0.2) is 5.78 Å². The molecule has 6 heteroatoms. The quantitative estimate of drug-likeness (QED) is 0.519. The molecule has 0 aliphatic carbocycles. The Morgan fingerprint density at radius 1 is 1.25 bits per heavy atom. The minimum Gasteiger partial charge on any atom is -0.497 e. The van der Waals surface area contributed by atoms with Crippen molar-refractivity contribution in [3.8, 4) is 5.75 Å². The number of benzene rings is 1. The van der Waals surface area contributed by atoms with E-state index in [0.717, 1.165) is 11.3 Å². The van der Waals surface area contributed by atoms with E-state index in [1.54, 1.807) is 14.0 Å². The molecule has 0 aromatic heterocycles. The van der Waals surface area contributed by atoms with Crippen molar-refractivity contribution in [2.75, 3.05) is 20.3 Å². The maximum atomic E-state index is 11.4. The molecule has 0 aliphatic rings. The zero-order valence-corrected chi connectivity index (χ0v) is 14.2. The molecule has 1 aromatic carbocycles. The topological polar surface area (TPSA) is 82.1 Å². The lowest BCUT2D eigenvalue weighted by Crippen LogP contribution is -2.30. The molecule has 0 spiro atoms. The van der Waals surface area contributed by atoms with Crippen LogP contribution in [0.15, 0.2) is 36.4 Å². The second-order valence-corrected chi connectivity index (χ2v) is 5.19. The van der Waals surface area contributed by atoms with Gasteiger partial charge in [-0.25, -0.2) is 4.79 Å². The number of hydrogen-bond donors (Lipinski definition) is 1. The van der Waals surface area contributed by atoms with E-state index >= 15 is 0 Å². The molecule has 0 amide bonds. The Hall–Kier alpha value is -2.18. The number of Topliss-reactive ketones (excluding diaryl/α,β-unsaturated/α-hetero) is 1. The molecule has 1 rings (SSSR count). The van der Waals surface area contributed by atoms with Crippen molar-refractivity contribution in [1.29, 1.82) is 0 Å². The van der Waals surface area contributed by atoms with E-state index in [0.29, 0.717) is 6.61 Å². The van der Waals surface area contributed by atoms with E-state index in [1.165, 1.54) is 19.1 Å². The molecule has 0 saturated carbocycles. The summed E-state index contributed by atoms with van der Waals surface area (Å²) in [5.74, 6) is -0.777. The van der Waals surface area contributed by atoms with Gasteiger partial charge in [0.25, 0.3) is 0 Å². The zero-order chi connectivity index (χ0) is 17.9. The molecular weight excluding hydrogens is 312 g/mol. The molecule has 0 radical (unpaired) electrons. The average Bonchev–Trinajstić information content (AvgIpc) is 2.58. The van der Waals surface area contributed by atoms with Crippen LogP contribution in [-0.4, -0.2) is 43.3 Å². The summed E-state index contributed by atoms with van der Waals surface area (Å²) in [4.78, 5) is 22.8. The minimum absolute atomic E-state index is 0.0999. The van der Waals surface area contributed by atoms with Gasteiger partial charge in [0.2, 0.25) is 0 Å². The van der Waals surface area contributed by atoms with Crippen molar-refractivity contribution in [1.82, 2.24) is 0 Å². The number of ketones is 1. The molecule has 2 atom stereocenters. The zero-order valence-electron chi connectivity index (χ0n) is 14.2. The van der Waals surface area contributed by atoms with Gasteiger partial charge in [-0.2, -0.15) is 0 Å². The molecule has 0 bridgehead atoms. The number of carbonyl (C=O) groups is 2. The highest BCUT2D eigenvalue weighted by Crippen LogP contribution is 2.14. The van der Waals surface area contributed by atoms with Crippen LogP contribution in [0.1, 0.15) is 19.4 Å². The van der Waals surface area contributed by atoms with Gasteiger partial charge in [-0.1, -0.05) is 18.2 Å². The number of hydrogen-bond acceptors (Lipinski definition) is 6. The molecule has 132 valence electrons. The van der Waals surface area contributed by atoms with Crippen molar-refractivity contribution >= 4 is 11.8 Å². The summed E-state index contributed by atoms with van der Waals surface area (Å²) in [5.41, 5.74) is 0.932. The lowest BCUT2D eigenvalue weighted by molar-refractivity contribution is -0.137. The second kappa shape index (κ2) is 10.6. The van der Waals surface area contributed by atoms with Gasteiger partial charge < -0.3 is 19.3 Å². The number of rotatable bonds is 10. The first-order valence-corrected chi connectivity index (χ1v) is 7.72. The van der Waals surface area contributed by atoms with E-state index in [-0.39, 0.29) is 19.0 Å². The third-order valence-corrected chi connectivity index (χ3v) is 3.33. The van der Waals surface area contributed by atoms with Crippen molar-refractivity contribution in [3.63, 3.8) is 0 Å². The van der Waals surface area contributed by atoms with Crippen LogP contribution in [0.4, 0.5) is 0 Å². The molecule has 0 saturated heterocycles. The van der Waals surface area contributed by atoms with Crippen LogP contribution in [0.3, 0.4) is 0 Å². The molecule has 6 nitrogen and oxygen atoms in total. The highest BCUT2D eigenvalue weighted by atomic mass is 16.5. The van der Waals surface area contributed by atoms with Crippen molar-refractivity contribution in [2.45, 2.75) is 26.6 Å². The van der Waals surface area contributed by atoms with E-state index in [1.807, 2.05) is 24.3 Å². The third-order valence-electron chi connectivity index (χ3n) is 3.33. The first kappa shape index (κ1) is 19.9. The summed E-state index contributed by atoms with van der Waals surface area (Å²) in [6.07, 6.45) is 1.42. The summed E-state index contributed by atoms with van der Waals surface area (Å²) >= 11 is 0. The summed E-state index contributed by atoms with van der Waals surface area (Å²) in [5, 5.41) is 9.95. The van der Waals surface area contributed by atoms with Crippen molar-refractivity contribution in [3.05, 3.63) is 42.0 Å². The average molecular weight is 336 g/mol. The van der Waals surface area contributed by atoms with Gasteiger partial charge in [0.1, 0.15) is 11.9 Å². The van der Waals surface area contributed by atoms with Gasteiger partial charge in [-0.15, -0.1) is 0 Å². The Morgan fingerprint density at radius 2 is 1.92 bits per heavy atom. The predicted molar refractivity (Wildman–Crippen MR) is 88.6 cm³/mol. The second-order valence-electron chi connectivity index (χ2n) is 5.19. The van der Waals surface area contributed by atoms with Crippen molar-refractivity contribution < 1.29 is 28.9 Å². The minimum atomic E-state index is -1.23. The standard InChI is InChI=1S/C18H24O6/c1-4-24-17(20)10-7-15(18(21)13(2)19)12-23-11-14-5-8-16(22-3)9-6-14/h5-10,15,18,21H,4,11-12H2,1-3H3/b10-7+/t15-,18+/m1/s1. The fourth-order valence-corrected chi connectivity index (χ4v) is 1.98. The number of esters is 1. The van der Waals surface area contributed by atoms with Crippen LogP contribution in [-0.2, 0) is 25.7 Å². The van der Waals surface area contributed by atoms with Crippen LogP contribution < -0.4 is 4.74 Å². The van der Waals surface area contributed by atoms with Crippen LogP contribution in [0.25, 0.3) is 0 Å². The van der Waals surface area contributed by atoms with E-state index in [4.69, 9.17) is 14.2 Å². The summed E-state index contributed by atoms with van der Waals surface area (Å²) < 4.78 is 15.4. The van der Waals surface area contributed by atoms with Crippen LogP contribution >= 0.6 is 0 Å². The molecule has 0 heterocycles. The van der Waals surface area contributed by atoms with Gasteiger partial charge in [0, 0.05) is 12.0 Å². The number of aliphatic hydroxyl groups excluding tert-OH is 1. The smallest absolute Gasteiger partial charge is 0.330 e. The Morgan fingerprint density at radius 3 is 2.46 bits per heavy atom. The molecule has 0 fully saturated rings. The summed E-state index contributed by atoms with van der Waals surface area (Å²) in [6.45, 7) is 3.67. The van der Waals surface area contributed by atoms with Gasteiger partial charge in [-0.05, 0) is 31.5 Å². The number of aliphatic hydroxyl groups is 1. The third kappa shape index (κ3) is 6.93. The van der Waals surface area contributed by atoms with Crippen LogP contribution in [0, 0.1) is 5.92 Å². The maximum absolute atomic E-state index is 11.4. The molecule has 24 heavy (non-hydrogen) atoms. The Balaban J connectivity index is 2.60. The number of ether oxygens (including phenoxy) is 3. The fraction of sp³-hybridized carbons (Fsp3) is 0.444. The van der Waals surface area contributed by atoms with Gasteiger partial charge in [0.05, 0.1) is 26.9 Å². The molecule has 1 aromatic rings. The maximum Gasteiger partial charge on any atom is 0.330 e. The highest BCUT2D eigenvalue weighted by Gasteiger charge is 2.21. The number of methoxy groups -OCH3 is 1. The van der Waals surface area contributed by atoms with Gasteiger partial charge >= 0.3 is 5.97 Å². The van der Waals surface area contributed by atoms with E-state index in [2.05, 4.69) is 0 Å². The predicted octanol–water partition coefficient (Wildman–Crippen LogP) is 1.90. The largest absolute Gasteiger partial charge is 0.497 e. The number of carbonyl (C=O) groups excluding carboxylic acids is 2. The monoisotopic (exact) mass is 336 g/mol. The summed E-state index contributed by atoms with van der Waals surface area (Å²) in [7, 11) is 1.59. The first-order valence-electron chi connectivity index (χ1n) is 7.72. The normalized spacial score (nSPS) is 13.5. The first-order chi connectivity index (χ1) is 11.5. The summed E-state index contributed by atoms with van der Waals surface area (Å²) in [6, 6.07) is 7.37. The van der Waals surface area contributed by atoms with Crippen molar-refractivity contribution in [2.24, 2.45) is 5.92 Å². The Bertz CT molecular complexity index is 549. The fourth-order valence-electron chi connectivity index (χ4n) is 1.98. The molecular formula is C18H24O6. The lowest BCUT2D eigenvalue weighted by Gasteiger charge is -2.17. The molecule has 1 N–H and O–H groups in total.